The molecule has 2 N–H and O–H groups in total. The van der Waals surface area contributed by atoms with Crippen molar-refractivity contribution in [1.82, 2.24) is 9.55 Å². The Kier molecular flexibility index (Phi) is 3.38. The average molecular weight is 245 g/mol. The van der Waals surface area contributed by atoms with E-state index in [9.17, 15) is 9.59 Å². The average Bonchev–Trinajstić information content (AvgIpc) is 2.86. The number of amides is 1. The van der Waals surface area contributed by atoms with Crippen molar-refractivity contribution in [2.45, 2.75) is 6.61 Å². The van der Waals surface area contributed by atoms with Crippen molar-refractivity contribution in [3.63, 3.8) is 0 Å². The van der Waals surface area contributed by atoms with Crippen molar-refractivity contribution in [3.05, 3.63) is 54.1 Å². The Morgan fingerprint density at radius 2 is 2.00 bits per heavy atom. The highest BCUT2D eigenvalue weighted by Crippen LogP contribution is 2.04. The number of imidazole rings is 1. The van der Waals surface area contributed by atoms with Crippen LogP contribution in [0.2, 0.25) is 0 Å². The zero-order valence-corrected chi connectivity index (χ0v) is 9.45. The molecule has 0 fully saturated rings. The third-order valence-corrected chi connectivity index (χ3v) is 2.26. The molecule has 0 aliphatic heterocycles. The van der Waals surface area contributed by atoms with E-state index in [1.807, 2.05) is 30.3 Å². The molecule has 6 heteroatoms. The molecule has 0 spiro atoms. The van der Waals surface area contributed by atoms with Gasteiger partial charge in [-0.15, -0.1) is 0 Å². The molecule has 6 nitrogen and oxygen atoms in total. The summed E-state index contributed by atoms with van der Waals surface area (Å²) >= 11 is 0. The minimum Gasteiger partial charge on any atom is -0.444 e. The number of nitrogens with zero attached hydrogens (tertiary/aromatic N) is 2. The third kappa shape index (κ3) is 2.54. The molecule has 0 bridgehead atoms. The summed E-state index contributed by atoms with van der Waals surface area (Å²) in [6.45, 7) is 0.121. The molecule has 0 saturated carbocycles. The van der Waals surface area contributed by atoms with Crippen LogP contribution in [0.5, 0.6) is 0 Å². The Balaban J connectivity index is 2.04. The SMILES string of the molecule is NC(=O)c1nccn1C(=O)OCc1ccccc1. The maximum Gasteiger partial charge on any atom is 0.420 e. The van der Waals surface area contributed by atoms with E-state index in [1.165, 1.54) is 12.4 Å². The molecular weight excluding hydrogens is 234 g/mol. The van der Waals surface area contributed by atoms with Gasteiger partial charge in [-0.3, -0.25) is 4.79 Å². The number of carbonyl (C=O) groups is 2. The molecule has 1 aromatic heterocycles. The van der Waals surface area contributed by atoms with Gasteiger partial charge in [0.25, 0.3) is 5.91 Å². The van der Waals surface area contributed by atoms with Gasteiger partial charge >= 0.3 is 6.09 Å². The van der Waals surface area contributed by atoms with Gasteiger partial charge < -0.3 is 10.5 Å². The Morgan fingerprint density at radius 1 is 1.28 bits per heavy atom. The van der Waals surface area contributed by atoms with Gasteiger partial charge in [0, 0.05) is 12.4 Å². The molecule has 1 aromatic carbocycles. The van der Waals surface area contributed by atoms with E-state index >= 15 is 0 Å². The number of carbonyl (C=O) groups excluding carboxylic acids is 2. The van der Waals surface area contributed by atoms with Crippen LogP contribution in [-0.2, 0) is 11.3 Å². The quantitative estimate of drug-likeness (QED) is 0.879. The second-order valence-corrected chi connectivity index (χ2v) is 3.53. The van der Waals surface area contributed by atoms with E-state index in [1.54, 1.807) is 0 Å². The van der Waals surface area contributed by atoms with Gasteiger partial charge in [0.05, 0.1) is 0 Å². The highest BCUT2D eigenvalue weighted by molar-refractivity contribution is 5.92. The van der Waals surface area contributed by atoms with Gasteiger partial charge in [0.15, 0.2) is 0 Å². The fourth-order valence-corrected chi connectivity index (χ4v) is 1.42. The van der Waals surface area contributed by atoms with Gasteiger partial charge in [0.2, 0.25) is 5.82 Å². The van der Waals surface area contributed by atoms with Gasteiger partial charge in [0.1, 0.15) is 6.61 Å². The zero-order valence-electron chi connectivity index (χ0n) is 9.45. The lowest BCUT2D eigenvalue weighted by atomic mass is 10.2. The highest BCUT2D eigenvalue weighted by Gasteiger charge is 2.15. The number of ether oxygens (including phenoxy) is 1. The molecule has 0 saturated heterocycles. The number of aromatic nitrogens is 2. The van der Waals surface area contributed by atoms with Crippen LogP contribution in [-0.4, -0.2) is 21.6 Å². The minimum absolute atomic E-state index is 0.121. The fourth-order valence-electron chi connectivity index (χ4n) is 1.42. The normalized spacial score (nSPS) is 10.0. The Labute approximate surface area is 103 Å². The lowest BCUT2D eigenvalue weighted by Gasteiger charge is -2.06. The summed E-state index contributed by atoms with van der Waals surface area (Å²) in [4.78, 5) is 26.4. The van der Waals surface area contributed by atoms with Crippen LogP contribution in [0.4, 0.5) is 4.79 Å². The summed E-state index contributed by atoms with van der Waals surface area (Å²) in [6.07, 6.45) is 1.95. The van der Waals surface area contributed by atoms with Crippen LogP contribution in [0.1, 0.15) is 16.2 Å². The van der Waals surface area contributed by atoms with E-state index < -0.39 is 12.0 Å². The second kappa shape index (κ2) is 5.13. The van der Waals surface area contributed by atoms with E-state index in [2.05, 4.69) is 4.98 Å². The van der Waals surface area contributed by atoms with Crippen LogP contribution in [0.3, 0.4) is 0 Å². The molecule has 2 rings (SSSR count). The summed E-state index contributed by atoms with van der Waals surface area (Å²) < 4.78 is 6.02. The summed E-state index contributed by atoms with van der Waals surface area (Å²) in [5, 5.41) is 0. The van der Waals surface area contributed by atoms with Crippen LogP contribution in [0.25, 0.3) is 0 Å². The fraction of sp³-hybridized carbons (Fsp3) is 0.0833. The number of primary amides is 1. The van der Waals surface area contributed by atoms with Gasteiger partial charge in [-0.05, 0) is 5.56 Å². The van der Waals surface area contributed by atoms with Crippen LogP contribution >= 0.6 is 0 Å². The molecule has 1 heterocycles. The summed E-state index contributed by atoms with van der Waals surface area (Å²) in [7, 11) is 0. The maximum absolute atomic E-state index is 11.7. The van der Waals surface area contributed by atoms with Crippen LogP contribution < -0.4 is 5.73 Å². The minimum atomic E-state index is -0.781. The first-order valence-electron chi connectivity index (χ1n) is 5.22. The molecule has 0 aliphatic carbocycles. The van der Waals surface area contributed by atoms with E-state index in [0.29, 0.717) is 0 Å². The predicted octanol–water partition coefficient (Wildman–Crippen LogP) is 1.17. The van der Waals surface area contributed by atoms with E-state index in [-0.39, 0.29) is 12.4 Å². The van der Waals surface area contributed by atoms with Crippen molar-refractivity contribution in [3.8, 4) is 0 Å². The largest absolute Gasteiger partial charge is 0.444 e. The molecule has 0 radical (unpaired) electrons. The molecule has 0 atom stereocenters. The number of benzene rings is 1. The van der Waals surface area contributed by atoms with Crippen molar-refractivity contribution in [2.75, 3.05) is 0 Å². The first kappa shape index (κ1) is 11.8. The molecule has 0 aliphatic rings. The lowest BCUT2D eigenvalue weighted by molar-refractivity contribution is 0.0977. The third-order valence-electron chi connectivity index (χ3n) is 2.26. The second-order valence-electron chi connectivity index (χ2n) is 3.53. The number of rotatable bonds is 3. The number of hydrogen-bond donors (Lipinski definition) is 1. The smallest absolute Gasteiger partial charge is 0.420 e. The summed E-state index contributed by atoms with van der Waals surface area (Å²) in [5.41, 5.74) is 5.93. The molecule has 0 unspecified atom stereocenters. The molecule has 1 amide bonds. The summed E-state index contributed by atoms with van der Waals surface area (Å²) in [6, 6.07) is 9.21. The lowest BCUT2D eigenvalue weighted by Crippen LogP contribution is -2.23. The Bertz CT molecular complexity index is 563. The van der Waals surface area contributed by atoms with Crippen molar-refractivity contribution >= 4 is 12.0 Å². The van der Waals surface area contributed by atoms with Crippen LogP contribution in [0.15, 0.2) is 42.7 Å². The highest BCUT2D eigenvalue weighted by atomic mass is 16.5. The molecule has 2 aromatic rings. The Hall–Kier alpha value is -2.63. The zero-order chi connectivity index (χ0) is 13.0. The monoisotopic (exact) mass is 245 g/mol. The van der Waals surface area contributed by atoms with Crippen molar-refractivity contribution in [1.29, 1.82) is 0 Å². The van der Waals surface area contributed by atoms with E-state index in [4.69, 9.17) is 10.5 Å². The van der Waals surface area contributed by atoms with Crippen molar-refractivity contribution < 1.29 is 14.3 Å². The molecule has 92 valence electrons. The van der Waals surface area contributed by atoms with Gasteiger partial charge in [-0.1, -0.05) is 30.3 Å². The van der Waals surface area contributed by atoms with E-state index in [0.717, 1.165) is 10.1 Å². The van der Waals surface area contributed by atoms with Gasteiger partial charge in [-0.2, -0.15) is 0 Å². The predicted molar refractivity (Wildman–Crippen MR) is 62.8 cm³/mol. The molecular formula is C12H11N3O3. The maximum atomic E-state index is 11.7. The first-order chi connectivity index (χ1) is 8.68. The summed E-state index contributed by atoms with van der Waals surface area (Å²) in [5.74, 6) is -0.926. The standard InChI is InChI=1S/C12H11N3O3/c13-10(16)11-14-6-7-15(11)12(17)18-8-9-4-2-1-3-5-9/h1-7H,8H2,(H2,13,16). The topological polar surface area (TPSA) is 87.2 Å². The molecule has 18 heavy (non-hydrogen) atoms. The van der Waals surface area contributed by atoms with Gasteiger partial charge in [-0.25, -0.2) is 14.3 Å². The number of nitrogens with two attached hydrogens (primary N) is 1. The Morgan fingerprint density at radius 3 is 2.67 bits per heavy atom. The number of hydrogen-bond acceptors (Lipinski definition) is 4. The van der Waals surface area contributed by atoms with Crippen molar-refractivity contribution in [2.24, 2.45) is 5.73 Å². The first-order valence-corrected chi connectivity index (χ1v) is 5.22. The van der Waals surface area contributed by atoms with Crippen LogP contribution in [0, 0.1) is 0 Å².